The van der Waals surface area contributed by atoms with Crippen LogP contribution in [0.25, 0.3) is 0 Å². The Labute approximate surface area is 130 Å². The Morgan fingerprint density at radius 1 is 1.09 bits per heavy atom. The third-order valence-corrected chi connectivity index (χ3v) is 4.16. The van der Waals surface area contributed by atoms with E-state index in [-0.39, 0.29) is 18.1 Å². The van der Waals surface area contributed by atoms with E-state index in [0.717, 1.165) is 0 Å². The fraction of sp³-hybridized carbons (Fsp3) is 0.188. The lowest BCUT2D eigenvalue weighted by molar-refractivity contribution is 0.101. The molecule has 1 N–H and O–H groups in total. The van der Waals surface area contributed by atoms with Crippen LogP contribution in [0.1, 0.15) is 17.3 Å². The Morgan fingerprint density at radius 2 is 1.82 bits per heavy atom. The molecule has 22 heavy (non-hydrogen) atoms. The number of carbonyl (C=O) groups excluding carboxylic acids is 1. The Balaban J connectivity index is 1.93. The maximum atomic E-state index is 12.0. The SMILES string of the molecule is CC(=O)c1cccc(NS(=O)(=O)CCOc2ccccc2)c1. The normalized spacial score (nSPS) is 11.0. The van der Waals surface area contributed by atoms with Gasteiger partial charge in [-0.15, -0.1) is 0 Å². The number of sulfonamides is 1. The number of rotatable bonds is 7. The van der Waals surface area contributed by atoms with Crippen LogP contribution < -0.4 is 9.46 Å². The Bertz CT molecular complexity index is 742. The van der Waals surface area contributed by atoms with Crippen molar-refractivity contribution >= 4 is 21.5 Å². The smallest absolute Gasteiger partial charge is 0.236 e. The zero-order valence-corrected chi connectivity index (χ0v) is 13.0. The first-order valence-electron chi connectivity index (χ1n) is 6.76. The summed E-state index contributed by atoms with van der Waals surface area (Å²) >= 11 is 0. The summed E-state index contributed by atoms with van der Waals surface area (Å²) in [6, 6.07) is 15.4. The number of para-hydroxylation sites is 1. The maximum absolute atomic E-state index is 12.0. The van der Waals surface area contributed by atoms with Gasteiger partial charge in [0.15, 0.2) is 5.78 Å². The van der Waals surface area contributed by atoms with E-state index in [1.54, 1.807) is 30.3 Å². The van der Waals surface area contributed by atoms with Gasteiger partial charge < -0.3 is 4.74 Å². The van der Waals surface area contributed by atoms with Gasteiger partial charge in [-0.25, -0.2) is 8.42 Å². The summed E-state index contributed by atoms with van der Waals surface area (Å²) in [4.78, 5) is 11.3. The van der Waals surface area contributed by atoms with Gasteiger partial charge >= 0.3 is 0 Å². The Kier molecular flexibility index (Phi) is 5.16. The molecule has 2 aromatic rings. The van der Waals surface area contributed by atoms with Gasteiger partial charge in [-0.3, -0.25) is 9.52 Å². The first-order valence-corrected chi connectivity index (χ1v) is 8.41. The molecule has 0 unspecified atom stereocenters. The van der Waals surface area contributed by atoms with Crippen molar-refractivity contribution in [1.29, 1.82) is 0 Å². The van der Waals surface area contributed by atoms with Crippen molar-refractivity contribution in [1.82, 2.24) is 0 Å². The first-order chi connectivity index (χ1) is 10.5. The molecular formula is C16H17NO4S. The van der Waals surface area contributed by atoms with Crippen LogP contribution in [0, 0.1) is 0 Å². The van der Waals surface area contributed by atoms with E-state index < -0.39 is 10.0 Å². The van der Waals surface area contributed by atoms with E-state index in [0.29, 0.717) is 17.0 Å². The minimum absolute atomic E-state index is 0.0474. The monoisotopic (exact) mass is 319 g/mol. The van der Waals surface area contributed by atoms with Crippen LogP contribution in [0.2, 0.25) is 0 Å². The highest BCUT2D eigenvalue weighted by atomic mass is 32.2. The van der Waals surface area contributed by atoms with Gasteiger partial charge in [-0.05, 0) is 31.2 Å². The molecular weight excluding hydrogens is 302 g/mol. The zero-order valence-electron chi connectivity index (χ0n) is 12.2. The van der Waals surface area contributed by atoms with Gasteiger partial charge in [0.2, 0.25) is 10.0 Å². The third-order valence-electron chi connectivity index (χ3n) is 2.91. The highest BCUT2D eigenvalue weighted by molar-refractivity contribution is 7.92. The van der Waals surface area contributed by atoms with Crippen LogP contribution in [0.5, 0.6) is 5.75 Å². The lowest BCUT2D eigenvalue weighted by Gasteiger charge is -2.10. The van der Waals surface area contributed by atoms with Crippen LogP contribution in [-0.2, 0) is 10.0 Å². The van der Waals surface area contributed by atoms with Crippen molar-refractivity contribution in [2.45, 2.75) is 6.92 Å². The van der Waals surface area contributed by atoms with E-state index >= 15 is 0 Å². The summed E-state index contributed by atoms with van der Waals surface area (Å²) in [5.74, 6) is 0.330. The van der Waals surface area contributed by atoms with E-state index in [4.69, 9.17) is 4.74 Å². The lowest BCUT2D eigenvalue weighted by Crippen LogP contribution is -2.21. The number of nitrogens with one attached hydrogen (secondary N) is 1. The van der Waals surface area contributed by atoms with Crippen LogP contribution in [0.3, 0.4) is 0 Å². The molecule has 0 spiro atoms. The number of hydrogen-bond donors (Lipinski definition) is 1. The van der Waals surface area contributed by atoms with Crippen LogP contribution >= 0.6 is 0 Å². The van der Waals surface area contributed by atoms with Gasteiger partial charge in [0, 0.05) is 11.3 Å². The van der Waals surface area contributed by atoms with E-state index in [2.05, 4.69) is 4.72 Å². The topological polar surface area (TPSA) is 72.5 Å². The van der Waals surface area contributed by atoms with Crippen molar-refractivity contribution in [3.63, 3.8) is 0 Å². The molecule has 0 atom stereocenters. The Morgan fingerprint density at radius 3 is 2.50 bits per heavy atom. The molecule has 2 aromatic carbocycles. The molecule has 0 aliphatic heterocycles. The molecule has 0 aromatic heterocycles. The molecule has 0 aliphatic carbocycles. The summed E-state index contributed by atoms with van der Waals surface area (Å²) in [5.41, 5.74) is 0.827. The van der Waals surface area contributed by atoms with Gasteiger partial charge in [-0.2, -0.15) is 0 Å². The summed E-state index contributed by atoms with van der Waals surface area (Å²) < 4.78 is 31.8. The molecule has 0 fully saturated rings. The molecule has 0 radical (unpaired) electrons. The number of ketones is 1. The van der Waals surface area contributed by atoms with Crippen LogP contribution in [0.15, 0.2) is 54.6 Å². The highest BCUT2D eigenvalue weighted by Crippen LogP contribution is 2.13. The zero-order chi connectivity index (χ0) is 16.0. The fourth-order valence-electron chi connectivity index (χ4n) is 1.82. The molecule has 6 heteroatoms. The average molecular weight is 319 g/mol. The summed E-state index contributed by atoms with van der Waals surface area (Å²) in [5, 5.41) is 0. The predicted molar refractivity (Wildman–Crippen MR) is 85.8 cm³/mol. The van der Waals surface area contributed by atoms with Crippen molar-refractivity contribution in [2.24, 2.45) is 0 Å². The van der Waals surface area contributed by atoms with E-state index in [1.807, 2.05) is 18.2 Å². The summed E-state index contributed by atoms with van der Waals surface area (Å²) in [6.45, 7) is 1.48. The summed E-state index contributed by atoms with van der Waals surface area (Å²) in [7, 11) is -3.53. The van der Waals surface area contributed by atoms with Gasteiger partial charge in [0.1, 0.15) is 18.1 Å². The molecule has 0 saturated heterocycles. The maximum Gasteiger partial charge on any atom is 0.236 e. The minimum Gasteiger partial charge on any atom is -0.492 e. The number of carbonyl (C=O) groups is 1. The molecule has 0 bridgehead atoms. The number of hydrogen-bond acceptors (Lipinski definition) is 4. The van der Waals surface area contributed by atoms with Crippen LogP contribution in [-0.4, -0.2) is 26.6 Å². The van der Waals surface area contributed by atoms with Crippen molar-refractivity contribution < 1.29 is 17.9 Å². The number of benzene rings is 2. The molecule has 5 nitrogen and oxygen atoms in total. The van der Waals surface area contributed by atoms with E-state index in [9.17, 15) is 13.2 Å². The second kappa shape index (κ2) is 7.09. The standard InChI is InChI=1S/C16H17NO4S/c1-13(18)14-6-5-7-15(12-14)17-22(19,20)11-10-21-16-8-3-2-4-9-16/h2-9,12,17H,10-11H2,1H3. The third kappa shape index (κ3) is 4.89. The van der Waals surface area contributed by atoms with Crippen molar-refractivity contribution in [3.8, 4) is 5.75 Å². The number of Topliss-reactive ketones (excluding diaryl/α,β-unsaturated/α-hetero) is 1. The van der Waals surface area contributed by atoms with Gasteiger partial charge in [0.05, 0.1) is 0 Å². The quantitative estimate of drug-likeness (QED) is 0.796. The molecule has 116 valence electrons. The molecule has 0 saturated carbocycles. The second-order valence-electron chi connectivity index (χ2n) is 4.72. The largest absolute Gasteiger partial charge is 0.492 e. The molecule has 0 amide bonds. The average Bonchev–Trinajstić information content (AvgIpc) is 2.48. The molecule has 0 heterocycles. The van der Waals surface area contributed by atoms with Crippen LogP contribution in [0.4, 0.5) is 5.69 Å². The second-order valence-corrected chi connectivity index (χ2v) is 6.56. The highest BCUT2D eigenvalue weighted by Gasteiger charge is 2.11. The van der Waals surface area contributed by atoms with Gasteiger partial charge in [-0.1, -0.05) is 30.3 Å². The van der Waals surface area contributed by atoms with Crippen molar-refractivity contribution in [2.75, 3.05) is 17.1 Å². The fourth-order valence-corrected chi connectivity index (χ4v) is 2.71. The molecule has 0 aliphatic rings. The van der Waals surface area contributed by atoms with Crippen molar-refractivity contribution in [3.05, 3.63) is 60.2 Å². The van der Waals surface area contributed by atoms with Gasteiger partial charge in [0.25, 0.3) is 0 Å². The van der Waals surface area contributed by atoms with E-state index in [1.165, 1.54) is 13.0 Å². The molecule has 2 rings (SSSR count). The first kappa shape index (κ1) is 16.0. The number of anilines is 1. The summed E-state index contributed by atoms with van der Waals surface area (Å²) in [6.07, 6.45) is 0. The number of ether oxygens (including phenoxy) is 1. The lowest BCUT2D eigenvalue weighted by atomic mass is 10.1. The predicted octanol–water partition coefficient (Wildman–Crippen LogP) is 2.71. The Hall–Kier alpha value is -2.34. The minimum atomic E-state index is -3.53.